The predicted octanol–water partition coefficient (Wildman–Crippen LogP) is 2.22. The molecule has 0 aliphatic carbocycles. The molecule has 3 unspecified atom stereocenters. The van der Waals surface area contributed by atoms with E-state index in [4.69, 9.17) is 4.74 Å². The van der Waals surface area contributed by atoms with Gasteiger partial charge in [0.2, 0.25) is 0 Å². The molecule has 0 bridgehead atoms. The molecule has 2 N–H and O–H groups in total. The molecule has 18 heavy (non-hydrogen) atoms. The number of rotatable bonds is 5. The van der Waals surface area contributed by atoms with E-state index in [1.165, 1.54) is 0 Å². The molecule has 0 fully saturated rings. The van der Waals surface area contributed by atoms with E-state index < -0.39 is 24.3 Å². The van der Waals surface area contributed by atoms with E-state index in [1.54, 1.807) is 13.8 Å². The molecule has 1 aromatic carbocycles. The van der Waals surface area contributed by atoms with E-state index in [0.29, 0.717) is 5.56 Å². The summed E-state index contributed by atoms with van der Waals surface area (Å²) in [5.74, 6) is -1.04. The van der Waals surface area contributed by atoms with Crippen molar-refractivity contribution in [1.29, 1.82) is 0 Å². The minimum absolute atomic E-state index is 0.537. The highest BCUT2D eigenvalue weighted by molar-refractivity contribution is 5.75. The number of carbonyl (C=O) groups is 1. The van der Waals surface area contributed by atoms with E-state index in [2.05, 4.69) is 0 Å². The molecule has 0 saturated carbocycles. The lowest BCUT2D eigenvalue weighted by Crippen LogP contribution is -2.29. The molecule has 0 heterocycles. The van der Waals surface area contributed by atoms with Gasteiger partial charge in [0.25, 0.3) is 0 Å². The van der Waals surface area contributed by atoms with Crippen LogP contribution in [0, 0.1) is 13.8 Å². The summed E-state index contributed by atoms with van der Waals surface area (Å²) < 4.78 is 5.47. The van der Waals surface area contributed by atoms with E-state index in [9.17, 15) is 15.0 Å². The highest BCUT2D eigenvalue weighted by atomic mass is 16.5. The fourth-order valence-corrected chi connectivity index (χ4v) is 1.82. The lowest BCUT2D eigenvalue weighted by molar-refractivity contribution is -0.158. The monoisotopic (exact) mass is 252 g/mol. The first-order valence-corrected chi connectivity index (χ1v) is 5.97. The molecule has 4 nitrogen and oxygen atoms in total. The highest BCUT2D eigenvalue weighted by Crippen LogP contribution is 2.27. The van der Waals surface area contributed by atoms with Gasteiger partial charge < -0.3 is 14.9 Å². The zero-order valence-corrected chi connectivity index (χ0v) is 11.2. The average Bonchev–Trinajstić information content (AvgIpc) is 2.26. The van der Waals surface area contributed by atoms with Gasteiger partial charge in [-0.25, -0.2) is 4.79 Å². The van der Waals surface area contributed by atoms with Gasteiger partial charge in [0.1, 0.15) is 0 Å². The first-order valence-electron chi connectivity index (χ1n) is 5.97. The van der Waals surface area contributed by atoms with Crippen molar-refractivity contribution in [3.63, 3.8) is 0 Å². The van der Waals surface area contributed by atoms with Gasteiger partial charge in [0.05, 0.1) is 12.2 Å². The second kappa shape index (κ2) is 5.98. The standard InChI is InChI=1S/C14H20O4/c1-8-6-5-7-9(2)12(8)13(14(16)17)18-11(4)10(3)15/h5-7,10-11,13,15H,1-4H3,(H,16,17). The third-order valence-corrected chi connectivity index (χ3v) is 3.06. The smallest absolute Gasteiger partial charge is 0.337 e. The Morgan fingerprint density at radius 2 is 1.72 bits per heavy atom. The minimum atomic E-state index is -1.05. The topological polar surface area (TPSA) is 66.8 Å². The van der Waals surface area contributed by atoms with Crippen molar-refractivity contribution in [1.82, 2.24) is 0 Å². The Morgan fingerprint density at radius 3 is 2.11 bits per heavy atom. The number of hydrogen-bond acceptors (Lipinski definition) is 3. The quantitative estimate of drug-likeness (QED) is 0.843. The number of carboxylic acid groups (broad SMARTS) is 1. The third-order valence-electron chi connectivity index (χ3n) is 3.06. The fraction of sp³-hybridized carbons (Fsp3) is 0.500. The Kier molecular flexibility index (Phi) is 4.87. The summed E-state index contributed by atoms with van der Waals surface area (Å²) in [5.41, 5.74) is 2.41. The Balaban J connectivity index is 3.09. The van der Waals surface area contributed by atoms with Crippen LogP contribution in [0.15, 0.2) is 18.2 Å². The Bertz CT molecular complexity index is 406. The van der Waals surface area contributed by atoms with Crippen molar-refractivity contribution in [2.24, 2.45) is 0 Å². The van der Waals surface area contributed by atoms with E-state index >= 15 is 0 Å². The molecule has 0 amide bonds. The number of benzene rings is 1. The summed E-state index contributed by atoms with van der Waals surface area (Å²) in [4.78, 5) is 11.4. The SMILES string of the molecule is Cc1cccc(C)c1C(OC(C)C(C)O)C(=O)O. The third kappa shape index (κ3) is 3.31. The van der Waals surface area contributed by atoms with Crippen molar-refractivity contribution in [3.05, 3.63) is 34.9 Å². The van der Waals surface area contributed by atoms with Crippen LogP contribution in [0.5, 0.6) is 0 Å². The van der Waals surface area contributed by atoms with Crippen LogP contribution in [0.2, 0.25) is 0 Å². The molecule has 0 spiro atoms. The number of aryl methyl sites for hydroxylation is 2. The van der Waals surface area contributed by atoms with E-state index in [1.807, 2.05) is 32.0 Å². The largest absolute Gasteiger partial charge is 0.479 e. The van der Waals surface area contributed by atoms with Crippen molar-refractivity contribution >= 4 is 5.97 Å². The van der Waals surface area contributed by atoms with Crippen LogP contribution >= 0.6 is 0 Å². The number of ether oxygens (including phenoxy) is 1. The second-order valence-corrected chi connectivity index (χ2v) is 4.61. The fourth-order valence-electron chi connectivity index (χ4n) is 1.82. The van der Waals surface area contributed by atoms with Crippen LogP contribution < -0.4 is 0 Å². The van der Waals surface area contributed by atoms with Crippen LogP contribution in [0.25, 0.3) is 0 Å². The van der Waals surface area contributed by atoms with Gasteiger partial charge in [-0.05, 0) is 44.4 Å². The normalized spacial score (nSPS) is 16.1. The molecule has 0 aliphatic rings. The first-order chi connectivity index (χ1) is 8.34. The van der Waals surface area contributed by atoms with Gasteiger partial charge in [-0.2, -0.15) is 0 Å². The molecule has 0 aromatic heterocycles. The lowest BCUT2D eigenvalue weighted by Gasteiger charge is -2.24. The van der Waals surface area contributed by atoms with Gasteiger partial charge in [-0.3, -0.25) is 0 Å². The van der Waals surface area contributed by atoms with Gasteiger partial charge in [0.15, 0.2) is 6.10 Å². The van der Waals surface area contributed by atoms with Crippen molar-refractivity contribution in [3.8, 4) is 0 Å². The maximum Gasteiger partial charge on any atom is 0.337 e. The predicted molar refractivity (Wildman–Crippen MR) is 68.5 cm³/mol. The number of hydrogen-bond donors (Lipinski definition) is 2. The second-order valence-electron chi connectivity index (χ2n) is 4.61. The lowest BCUT2D eigenvalue weighted by atomic mass is 9.97. The molecule has 1 rings (SSSR count). The van der Waals surface area contributed by atoms with Gasteiger partial charge in [0, 0.05) is 0 Å². The average molecular weight is 252 g/mol. The molecular weight excluding hydrogens is 232 g/mol. The summed E-state index contributed by atoms with van der Waals surface area (Å²) in [6, 6.07) is 5.59. The first kappa shape index (κ1) is 14.7. The Labute approximate surface area is 107 Å². The molecule has 1 aromatic rings. The summed E-state index contributed by atoms with van der Waals surface area (Å²) in [5, 5.41) is 18.7. The molecule has 3 atom stereocenters. The van der Waals surface area contributed by atoms with Gasteiger partial charge in [-0.15, -0.1) is 0 Å². The zero-order valence-electron chi connectivity index (χ0n) is 11.2. The van der Waals surface area contributed by atoms with Crippen LogP contribution in [0.3, 0.4) is 0 Å². The minimum Gasteiger partial charge on any atom is -0.479 e. The molecule has 100 valence electrons. The molecule has 0 saturated heterocycles. The number of aliphatic hydroxyl groups excluding tert-OH is 1. The zero-order chi connectivity index (χ0) is 13.9. The van der Waals surface area contributed by atoms with Crippen LogP contribution in [-0.2, 0) is 9.53 Å². The number of aliphatic hydroxyl groups is 1. The summed E-state index contributed by atoms with van der Waals surface area (Å²) in [6.07, 6.45) is -2.29. The Hall–Kier alpha value is -1.39. The van der Waals surface area contributed by atoms with Gasteiger partial charge in [-0.1, -0.05) is 18.2 Å². The summed E-state index contributed by atoms with van der Waals surface area (Å²) >= 11 is 0. The molecule has 0 radical (unpaired) electrons. The van der Waals surface area contributed by atoms with Crippen molar-refractivity contribution < 1.29 is 19.7 Å². The summed E-state index contributed by atoms with van der Waals surface area (Å²) in [7, 11) is 0. The number of carboxylic acids is 1. The van der Waals surface area contributed by atoms with Crippen molar-refractivity contribution in [2.75, 3.05) is 0 Å². The van der Waals surface area contributed by atoms with E-state index in [-0.39, 0.29) is 0 Å². The maximum atomic E-state index is 11.4. The molecule has 0 aliphatic heterocycles. The molecule has 4 heteroatoms. The molecular formula is C14H20O4. The summed E-state index contributed by atoms with van der Waals surface area (Å²) in [6.45, 7) is 6.95. The van der Waals surface area contributed by atoms with E-state index in [0.717, 1.165) is 11.1 Å². The van der Waals surface area contributed by atoms with Crippen LogP contribution in [0.1, 0.15) is 36.6 Å². The van der Waals surface area contributed by atoms with Crippen LogP contribution in [0.4, 0.5) is 0 Å². The van der Waals surface area contributed by atoms with Crippen LogP contribution in [-0.4, -0.2) is 28.4 Å². The number of aliphatic carboxylic acids is 1. The van der Waals surface area contributed by atoms with Gasteiger partial charge >= 0.3 is 5.97 Å². The van der Waals surface area contributed by atoms with Crippen molar-refractivity contribution in [2.45, 2.75) is 46.0 Å². The Morgan fingerprint density at radius 1 is 1.22 bits per heavy atom. The maximum absolute atomic E-state index is 11.4. The highest BCUT2D eigenvalue weighted by Gasteiger charge is 2.27.